The Bertz CT molecular complexity index is 709. The third-order valence-electron chi connectivity index (χ3n) is 2.72. The van der Waals surface area contributed by atoms with Crippen molar-refractivity contribution in [3.63, 3.8) is 0 Å². The minimum Gasteiger partial charge on any atom is -0.443 e. The maximum Gasteiger partial charge on any atom is 0.418 e. The average Bonchev–Trinajstić information content (AvgIpc) is 2.78. The van der Waals surface area contributed by atoms with E-state index in [1.54, 1.807) is 12.3 Å². The molecule has 0 saturated heterocycles. The van der Waals surface area contributed by atoms with Crippen LogP contribution in [0.4, 0.5) is 4.79 Å². The number of rotatable bonds is 1. The highest BCUT2D eigenvalue weighted by Gasteiger charge is 2.19. The smallest absolute Gasteiger partial charge is 0.418 e. The lowest BCUT2D eigenvalue weighted by Crippen LogP contribution is -2.26. The Balaban J connectivity index is 2.46. The highest BCUT2D eigenvalue weighted by molar-refractivity contribution is 5.94. The van der Waals surface area contributed by atoms with E-state index < -0.39 is 5.60 Å². The van der Waals surface area contributed by atoms with Crippen molar-refractivity contribution in [3.8, 4) is 12.3 Å². The zero-order chi connectivity index (χ0) is 14.8. The number of benzene rings is 1. The Morgan fingerprint density at radius 1 is 1.35 bits per heavy atom. The lowest BCUT2D eigenvalue weighted by atomic mass is 10.1. The van der Waals surface area contributed by atoms with Crippen molar-refractivity contribution in [2.24, 2.45) is 0 Å². The first-order valence-electron chi connectivity index (χ1n) is 6.38. The van der Waals surface area contributed by atoms with Crippen molar-refractivity contribution >= 4 is 23.1 Å². The van der Waals surface area contributed by atoms with E-state index in [4.69, 9.17) is 11.2 Å². The minimum absolute atomic E-state index is 0.384. The van der Waals surface area contributed by atoms with Gasteiger partial charge < -0.3 is 4.74 Å². The Labute approximate surface area is 118 Å². The highest BCUT2D eigenvalue weighted by atomic mass is 16.6. The number of aromatic nitrogens is 1. The number of hydrogen-bond donors (Lipinski definition) is 0. The first kappa shape index (κ1) is 14.0. The SMILES string of the molecule is C#C/C=C/c1cccc2c1ccn2C(=O)OC(C)(C)C. The van der Waals surface area contributed by atoms with Crippen LogP contribution in [0, 0.1) is 12.3 Å². The molecule has 0 radical (unpaired) electrons. The Hall–Kier alpha value is -2.47. The number of carbonyl (C=O) groups is 1. The fourth-order valence-electron chi connectivity index (χ4n) is 1.94. The zero-order valence-corrected chi connectivity index (χ0v) is 11.9. The fraction of sp³-hybridized carbons (Fsp3) is 0.235. The van der Waals surface area contributed by atoms with Crippen LogP contribution in [0.15, 0.2) is 36.5 Å². The van der Waals surface area contributed by atoms with Gasteiger partial charge in [0.05, 0.1) is 5.52 Å². The molecule has 0 aliphatic heterocycles. The highest BCUT2D eigenvalue weighted by Crippen LogP contribution is 2.22. The van der Waals surface area contributed by atoms with Gasteiger partial charge >= 0.3 is 6.09 Å². The zero-order valence-electron chi connectivity index (χ0n) is 11.9. The Morgan fingerprint density at radius 3 is 2.75 bits per heavy atom. The van der Waals surface area contributed by atoms with E-state index in [2.05, 4.69) is 5.92 Å². The fourth-order valence-corrected chi connectivity index (χ4v) is 1.94. The third-order valence-corrected chi connectivity index (χ3v) is 2.72. The summed E-state index contributed by atoms with van der Waals surface area (Å²) in [6, 6.07) is 7.61. The standard InChI is InChI=1S/C17H17NO2/c1-5-6-8-13-9-7-10-15-14(13)11-12-18(15)16(19)20-17(2,3)4/h1,6-12H,2-4H3/b8-6+. The van der Waals surface area contributed by atoms with E-state index in [9.17, 15) is 4.79 Å². The topological polar surface area (TPSA) is 31.2 Å². The first-order valence-corrected chi connectivity index (χ1v) is 6.38. The maximum atomic E-state index is 12.2. The number of hydrogen-bond acceptors (Lipinski definition) is 2. The molecule has 0 aliphatic carbocycles. The Morgan fingerprint density at radius 2 is 2.10 bits per heavy atom. The van der Waals surface area contributed by atoms with Gasteiger partial charge in [0.2, 0.25) is 0 Å². The molecule has 0 fully saturated rings. The summed E-state index contributed by atoms with van der Waals surface area (Å²) in [6.45, 7) is 5.53. The van der Waals surface area contributed by atoms with Gasteiger partial charge in [-0.05, 0) is 50.6 Å². The number of nitrogens with zero attached hydrogens (tertiary/aromatic N) is 1. The predicted molar refractivity (Wildman–Crippen MR) is 81.4 cm³/mol. The average molecular weight is 267 g/mol. The van der Waals surface area contributed by atoms with Crippen molar-refractivity contribution in [3.05, 3.63) is 42.1 Å². The van der Waals surface area contributed by atoms with E-state index in [0.717, 1.165) is 16.5 Å². The van der Waals surface area contributed by atoms with Gasteiger partial charge in [-0.15, -0.1) is 6.42 Å². The molecule has 0 saturated carbocycles. The van der Waals surface area contributed by atoms with Gasteiger partial charge in [-0.3, -0.25) is 4.57 Å². The molecular weight excluding hydrogens is 250 g/mol. The van der Waals surface area contributed by atoms with Gasteiger partial charge in [0.25, 0.3) is 0 Å². The molecule has 3 heteroatoms. The summed E-state index contributed by atoms with van der Waals surface area (Å²) in [5.41, 5.74) is 1.26. The number of fused-ring (bicyclic) bond motifs is 1. The number of ether oxygens (including phenoxy) is 1. The van der Waals surface area contributed by atoms with Gasteiger partial charge in [0.15, 0.2) is 0 Å². The summed E-state index contributed by atoms with van der Waals surface area (Å²) in [7, 11) is 0. The molecule has 0 N–H and O–H groups in total. The molecule has 0 unspecified atom stereocenters. The summed E-state index contributed by atoms with van der Waals surface area (Å²) < 4.78 is 6.89. The minimum atomic E-state index is -0.519. The maximum absolute atomic E-state index is 12.2. The van der Waals surface area contributed by atoms with Crippen LogP contribution in [0.1, 0.15) is 26.3 Å². The first-order chi connectivity index (χ1) is 9.42. The molecule has 0 spiro atoms. The second-order valence-electron chi connectivity index (χ2n) is 5.45. The van der Waals surface area contributed by atoms with Gasteiger partial charge in [-0.2, -0.15) is 0 Å². The molecule has 1 aromatic carbocycles. The van der Waals surface area contributed by atoms with Crippen LogP contribution in [0.3, 0.4) is 0 Å². The summed E-state index contributed by atoms with van der Waals surface area (Å²) >= 11 is 0. The van der Waals surface area contributed by atoms with Gasteiger partial charge in [0, 0.05) is 11.6 Å². The molecule has 2 aromatic rings. The molecule has 2 rings (SSSR count). The van der Waals surface area contributed by atoms with Crippen LogP contribution in [-0.2, 0) is 4.74 Å². The molecule has 1 aromatic heterocycles. The molecule has 20 heavy (non-hydrogen) atoms. The summed E-state index contributed by atoms with van der Waals surface area (Å²) in [5.74, 6) is 2.46. The normalized spacial score (nSPS) is 11.7. The molecule has 3 nitrogen and oxygen atoms in total. The lowest BCUT2D eigenvalue weighted by Gasteiger charge is -2.19. The quantitative estimate of drug-likeness (QED) is 0.729. The van der Waals surface area contributed by atoms with E-state index in [0.29, 0.717) is 0 Å². The second-order valence-corrected chi connectivity index (χ2v) is 5.45. The number of allylic oxidation sites excluding steroid dienone is 1. The third kappa shape index (κ3) is 2.92. The molecule has 1 heterocycles. The van der Waals surface area contributed by atoms with E-state index in [1.807, 2.05) is 51.1 Å². The van der Waals surface area contributed by atoms with Crippen molar-refractivity contribution in [1.29, 1.82) is 0 Å². The molecule has 102 valence electrons. The molecular formula is C17H17NO2. The van der Waals surface area contributed by atoms with Crippen LogP contribution < -0.4 is 0 Å². The van der Waals surface area contributed by atoms with E-state index >= 15 is 0 Å². The number of terminal acetylenes is 1. The Kier molecular flexibility index (Phi) is 3.67. The molecule has 0 aliphatic rings. The van der Waals surface area contributed by atoms with Crippen LogP contribution in [0.5, 0.6) is 0 Å². The van der Waals surface area contributed by atoms with E-state index in [1.165, 1.54) is 4.57 Å². The lowest BCUT2D eigenvalue weighted by molar-refractivity contribution is 0.0544. The predicted octanol–water partition coefficient (Wildman–Crippen LogP) is 4.07. The van der Waals surface area contributed by atoms with Crippen LogP contribution in [0.2, 0.25) is 0 Å². The van der Waals surface area contributed by atoms with Crippen molar-refractivity contribution in [1.82, 2.24) is 4.57 Å². The monoisotopic (exact) mass is 267 g/mol. The van der Waals surface area contributed by atoms with E-state index in [-0.39, 0.29) is 6.09 Å². The van der Waals surface area contributed by atoms with Gasteiger partial charge in [-0.25, -0.2) is 4.79 Å². The van der Waals surface area contributed by atoms with Crippen LogP contribution in [-0.4, -0.2) is 16.3 Å². The largest absolute Gasteiger partial charge is 0.443 e. The van der Waals surface area contributed by atoms with Gasteiger partial charge in [0.1, 0.15) is 5.60 Å². The number of carbonyl (C=O) groups excluding carboxylic acids is 1. The van der Waals surface area contributed by atoms with Gasteiger partial charge in [-0.1, -0.05) is 18.1 Å². The van der Waals surface area contributed by atoms with Crippen LogP contribution in [0.25, 0.3) is 17.0 Å². The van der Waals surface area contributed by atoms with Crippen molar-refractivity contribution < 1.29 is 9.53 Å². The summed E-state index contributed by atoms with van der Waals surface area (Å²) in [6.07, 6.45) is 10.0. The molecule has 0 amide bonds. The van der Waals surface area contributed by atoms with Crippen LogP contribution >= 0.6 is 0 Å². The second kappa shape index (κ2) is 5.26. The summed E-state index contributed by atoms with van der Waals surface area (Å²) in [5, 5.41) is 0.963. The van der Waals surface area contributed by atoms with Crippen molar-refractivity contribution in [2.45, 2.75) is 26.4 Å². The van der Waals surface area contributed by atoms with Crippen molar-refractivity contribution in [2.75, 3.05) is 0 Å². The molecule has 0 atom stereocenters. The molecule has 0 bridgehead atoms. The summed E-state index contributed by atoms with van der Waals surface area (Å²) in [4.78, 5) is 12.2.